The first kappa shape index (κ1) is 20.6. The first-order valence-corrected chi connectivity index (χ1v) is 8.63. The smallest absolute Gasteiger partial charge is 0.407 e. The molecule has 0 unspecified atom stereocenters. The Kier molecular flexibility index (Phi) is 7.71. The van der Waals surface area contributed by atoms with E-state index in [0.29, 0.717) is 5.56 Å². The minimum Gasteiger partial charge on any atom is -0.478 e. The number of hydrogen-bond acceptors (Lipinski definition) is 5. The lowest BCUT2D eigenvalue weighted by Gasteiger charge is -2.16. The van der Waals surface area contributed by atoms with Crippen molar-refractivity contribution in [2.24, 2.45) is 5.10 Å². The van der Waals surface area contributed by atoms with E-state index < -0.39 is 24.0 Å². The van der Waals surface area contributed by atoms with Crippen molar-refractivity contribution in [3.05, 3.63) is 71.3 Å². The number of carboxylic acid groups (broad SMARTS) is 1. The normalized spacial score (nSPS) is 11.6. The maximum Gasteiger partial charge on any atom is 0.407 e. The van der Waals surface area contributed by atoms with E-state index in [1.165, 1.54) is 18.3 Å². The highest BCUT2D eigenvalue weighted by molar-refractivity contribution is 5.90. The third-order valence-corrected chi connectivity index (χ3v) is 3.71. The topological polar surface area (TPSA) is 117 Å². The number of hydrogen-bond donors (Lipinski definition) is 3. The van der Waals surface area contributed by atoms with Crippen LogP contribution in [0.2, 0.25) is 0 Å². The van der Waals surface area contributed by atoms with Crippen LogP contribution in [0, 0.1) is 0 Å². The van der Waals surface area contributed by atoms with E-state index in [1.807, 2.05) is 30.3 Å². The van der Waals surface area contributed by atoms with Crippen LogP contribution >= 0.6 is 0 Å². The fourth-order valence-corrected chi connectivity index (χ4v) is 2.33. The molecular formula is C20H21N3O5. The molecule has 2 aromatic rings. The van der Waals surface area contributed by atoms with Gasteiger partial charge < -0.3 is 15.2 Å². The van der Waals surface area contributed by atoms with E-state index in [4.69, 9.17) is 9.84 Å². The molecule has 1 atom stereocenters. The first-order valence-electron chi connectivity index (χ1n) is 8.63. The number of nitrogens with one attached hydrogen (secondary N) is 2. The maximum absolute atomic E-state index is 12.4. The minimum atomic E-state index is -1.02. The number of rotatable bonds is 8. The summed E-state index contributed by atoms with van der Waals surface area (Å²) < 4.78 is 4.85. The van der Waals surface area contributed by atoms with Gasteiger partial charge in [-0.1, -0.05) is 42.5 Å². The summed E-state index contributed by atoms with van der Waals surface area (Å²) in [6.07, 6.45) is 0.966. The van der Waals surface area contributed by atoms with Crippen LogP contribution in [0.3, 0.4) is 0 Å². The standard InChI is InChI=1S/C20H21N3O5/c1-2-28-20(27)22-17(12-14-6-4-3-5-7-14)18(24)23-21-13-15-8-10-16(11-9-15)19(25)26/h3-11,13,17H,2,12H2,1H3,(H,22,27)(H,23,24)(H,25,26)/b21-13-/t17-/m0/s1. The van der Waals surface area contributed by atoms with Crippen LogP contribution in [-0.2, 0) is 16.0 Å². The second kappa shape index (κ2) is 10.5. The number of benzene rings is 2. The summed E-state index contributed by atoms with van der Waals surface area (Å²) in [5.74, 6) is -1.53. The molecule has 0 radical (unpaired) electrons. The lowest BCUT2D eigenvalue weighted by molar-refractivity contribution is -0.123. The Bertz CT molecular complexity index is 835. The minimum absolute atomic E-state index is 0.155. The van der Waals surface area contributed by atoms with Gasteiger partial charge in [0.15, 0.2) is 0 Å². The van der Waals surface area contributed by atoms with E-state index in [1.54, 1.807) is 19.1 Å². The highest BCUT2D eigenvalue weighted by Gasteiger charge is 2.21. The molecule has 2 amide bonds. The van der Waals surface area contributed by atoms with Crippen LogP contribution in [-0.4, -0.2) is 41.9 Å². The molecule has 0 fully saturated rings. The van der Waals surface area contributed by atoms with Crippen molar-refractivity contribution < 1.29 is 24.2 Å². The molecule has 0 spiro atoms. The van der Waals surface area contributed by atoms with Crippen LogP contribution in [0.15, 0.2) is 59.7 Å². The second-order valence-electron chi connectivity index (χ2n) is 5.77. The Hall–Kier alpha value is -3.68. The van der Waals surface area contributed by atoms with Crippen molar-refractivity contribution in [3.63, 3.8) is 0 Å². The number of carbonyl (C=O) groups excluding carboxylic acids is 2. The van der Waals surface area contributed by atoms with Gasteiger partial charge in [0.25, 0.3) is 5.91 Å². The molecule has 0 saturated heterocycles. The van der Waals surface area contributed by atoms with Gasteiger partial charge in [-0.05, 0) is 30.2 Å². The predicted molar refractivity (Wildman–Crippen MR) is 103 cm³/mol. The molecule has 3 N–H and O–H groups in total. The number of nitrogens with zero attached hydrogens (tertiary/aromatic N) is 1. The monoisotopic (exact) mass is 383 g/mol. The molecule has 0 aliphatic carbocycles. The van der Waals surface area contributed by atoms with Crippen LogP contribution < -0.4 is 10.7 Å². The van der Waals surface area contributed by atoms with Gasteiger partial charge in [0.05, 0.1) is 18.4 Å². The number of amides is 2. The van der Waals surface area contributed by atoms with Gasteiger partial charge in [-0.15, -0.1) is 0 Å². The maximum atomic E-state index is 12.4. The molecule has 0 saturated carbocycles. The molecule has 8 heteroatoms. The van der Waals surface area contributed by atoms with E-state index in [-0.39, 0.29) is 18.6 Å². The average molecular weight is 383 g/mol. The Balaban J connectivity index is 2.01. The van der Waals surface area contributed by atoms with Gasteiger partial charge in [0.1, 0.15) is 6.04 Å². The van der Waals surface area contributed by atoms with Gasteiger partial charge >= 0.3 is 12.1 Å². The van der Waals surface area contributed by atoms with E-state index in [2.05, 4.69) is 15.8 Å². The summed E-state index contributed by atoms with van der Waals surface area (Å²) >= 11 is 0. The predicted octanol–water partition coefficient (Wildman–Crippen LogP) is 2.19. The van der Waals surface area contributed by atoms with Crippen LogP contribution in [0.1, 0.15) is 28.4 Å². The highest BCUT2D eigenvalue weighted by Crippen LogP contribution is 2.05. The summed E-state index contributed by atoms with van der Waals surface area (Å²) in [5, 5.41) is 15.3. The molecular weight excluding hydrogens is 362 g/mol. The summed E-state index contributed by atoms with van der Waals surface area (Å²) in [6.45, 7) is 1.86. The zero-order valence-electron chi connectivity index (χ0n) is 15.3. The fraction of sp³-hybridized carbons (Fsp3) is 0.200. The third kappa shape index (κ3) is 6.56. The van der Waals surface area contributed by atoms with Gasteiger partial charge in [-0.3, -0.25) is 4.79 Å². The molecule has 28 heavy (non-hydrogen) atoms. The van der Waals surface area contributed by atoms with Crippen LogP contribution in [0.5, 0.6) is 0 Å². The molecule has 146 valence electrons. The SMILES string of the molecule is CCOC(=O)N[C@@H](Cc1ccccc1)C(=O)N/N=C\c1ccc(C(=O)O)cc1. The number of carbonyl (C=O) groups is 3. The molecule has 0 heterocycles. The fourth-order valence-electron chi connectivity index (χ4n) is 2.33. The molecule has 2 rings (SSSR count). The lowest BCUT2D eigenvalue weighted by atomic mass is 10.1. The summed E-state index contributed by atoms with van der Waals surface area (Å²) in [4.78, 5) is 35.0. The number of hydrazone groups is 1. The highest BCUT2D eigenvalue weighted by atomic mass is 16.5. The molecule has 0 bridgehead atoms. The first-order chi connectivity index (χ1) is 13.5. The van der Waals surface area contributed by atoms with Gasteiger partial charge in [-0.25, -0.2) is 15.0 Å². The average Bonchev–Trinajstić information content (AvgIpc) is 2.69. The number of ether oxygens (including phenoxy) is 1. The molecule has 0 aliphatic rings. The summed E-state index contributed by atoms with van der Waals surface area (Å²) in [6, 6.07) is 14.4. The molecule has 0 aliphatic heterocycles. The van der Waals surface area contributed by atoms with Crippen LogP contribution in [0.25, 0.3) is 0 Å². The van der Waals surface area contributed by atoms with Crippen LogP contribution in [0.4, 0.5) is 4.79 Å². The molecule has 2 aromatic carbocycles. The van der Waals surface area contributed by atoms with Crippen molar-refractivity contribution in [3.8, 4) is 0 Å². The van der Waals surface area contributed by atoms with Crippen molar-refractivity contribution in [1.82, 2.24) is 10.7 Å². The molecule has 8 nitrogen and oxygen atoms in total. The zero-order chi connectivity index (χ0) is 20.4. The summed E-state index contributed by atoms with van der Waals surface area (Å²) in [7, 11) is 0. The van der Waals surface area contributed by atoms with E-state index in [0.717, 1.165) is 5.56 Å². The van der Waals surface area contributed by atoms with E-state index in [9.17, 15) is 14.4 Å². The number of carboxylic acids is 1. The Morgan fingerprint density at radius 3 is 2.39 bits per heavy atom. The van der Waals surface area contributed by atoms with Crippen molar-refractivity contribution in [2.75, 3.05) is 6.61 Å². The Labute approximate surface area is 162 Å². The van der Waals surface area contributed by atoms with Crippen molar-refractivity contribution in [2.45, 2.75) is 19.4 Å². The van der Waals surface area contributed by atoms with Crippen molar-refractivity contribution in [1.29, 1.82) is 0 Å². The Morgan fingerprint density at radius 1 is 1.11 bits per heavy atom. The Morgan fingerprint density at radius 2 is 1.79 bits per heavy atom. The van der Waals surface area contributed by atoms with E-state index >= 15 is 0 Å². The third-order valence-electron chi connectivity index (χ3n) is 3.71. The molecule has 0 aromatic heterocycles. The summed E-state index contributed by atoms with van der Waals surface area (Å²) in [5.41, 5.74) is 4.02. The van der Waals surface area contributed by atoms with Gasteiger partial charge in [0, 0.05) is 6.42 Å². The lowest BCUT2D eigenvalue weighted by Crippen LogP contribution is -2.47. The largest absolute Gasteiger partial charge is 0.478 e. The zero-order valence-corrected chi connectivity index (χ0v) is 15.3. The van der Waals surface area contributed by atoms with Gasteiger partial charge in [-0.2, -0.15) is 5.10 Å². The second-order valence-corrected chi connectivity index (χ2v) is 5.77. The number of alkyl carbamates (subject to hydrolysis) is 1. The number of aromatic carboxylic acids is 1. The van der Waals surface area contributed by atoms with Crippen molar-refractivity contribution >= 4 is 24.2 Å². The quantitative estimate of drug-likeness (QED) is 0.477. The van der Waals surface area contributed by atoms with Gasteiger partial charge in [0.2, 0.25) is 0 Å².